The Morgan fingerprint density at radius 3 is 2.50 bits per heavy atom. The average molecular weight is 303 g/mol. The van der Waals surface area contributed by atoms with Gasteiger partial charge in [-0.1, -0.05) is 6.42 Å². The minimum Gasteiger partial charge on any atom is -0.377 e. The molecule has 1 saturated heterocycles. The second-order valence-electron chi connectivity index (χ2n) is 6.65. The van der Waals surface area contributed by atoms with Crippen molar-refractivity contribution < 1.29 is 9.53 Å². The van der Waals surface area contributed by atoms with E-state index >= 15 is 0 Å². The van der Waals surface area contributed by atoms with Crippen molar-refractivity contribution in [3.05, 3.63) is 0 Å². The fraction of sp³-hybridized carbons (Fsp3) is 0.933. The van der Waals surface area contributed by atoms with Crippen molar-refractivity contribution in [2.45, 2.75) is 51.1 Å². The number of hydrogen-bond acceptors (Lipinski definition) is 3. The minimum absolute atomic E-state index is 0. The summed E-state index contributed by atoms with van der Waals surface area (Å²) in [4.78, 5) is 14.8. The first-order valence-electron chi connectivity index (χ1n) is 7.80. The molecule has 3 atom stereocenters. The van der Waals surface area contributed by atoms with E-state index in [1.54, 1.807) is 0 Å². The molecule has 0 radical (unpaired) electrons. The molecule has 3 unspecified atom stereocenters. The molecule has 1 heterocycles. The highest BCUT2D eigenvalue weighted by atomic mass is 35.5. The largest absolute Gasteiger partial charge is 0.377 e. The van der Waals surface area contributed by atoms with Crippen molar-refractivity contribution in [1.82, 2.24) is 4.90 Å². The Hall–Kier alpha value is -0.320. The van der Waals surface area contributed by atoms with Crippen LogP contribution in [-0.2, 0) is 9.53 Å². The summed E-state index contributed by atoms with van der Waals surface area (Å²) in [6.07, 6.45) is 5.78. The standard InChI is InChI=1S/C15H26N2O2.ClH/c1-10-9-19-6-5-17(10)15(18)13-7-11-3-2-4-12(8-13)14(11)16;/h10-14H,2-9,16H2,1H3;1H. The van der Waals surface area contributed by atoms with Gasteiger partial charge in [-0.05, 0) is 44.4 Å². The fourth-order valence-electron chi connectivity index (χ4n) is 4.28. The molecule has 20 heavy (non-hydrogen) atoms. The number of fused-ring (bicyclic) bond motifs is 2. The summed E-state index contributed by atoms with van der Waals surface area (Å²) in [6.45, 7) is 4.23. The van der Waals surface area contributed by atoms with Gasteiger partial charge in [0, 0.05) is 18.5 Å². The Kier molecular flexibility index (Phi) is 5.32. The molecule has 0 aromatic rings. The molecule has 4 nitrogen and oxygen atoms in total. The number of rotatable bonds is 1. The van der Waals surface area contributed by atoms with E-state index < -0.39 is 0 Å². The third kappa shape index (κ3) is 2.97. The number of nitrogens with zero attached hydrogens (tertiary/aromatic N) is 1. The quantitative estimate of drug-likeness (QED) is 0.804. The number of amides is 1. The van der Waals surface area contributed by atoms with Crippen LogP contribution < -0.4 is 5.73 Å². The Morgan fingerprint density at radius 2 is 1.90 bits per heavy atom. The highest BCUT2D eigenvalue weighted by molar-refractivity contribution is 5.85. The Bertz CT molecular complexity index is 339. The van der Waals surface area contributed by atoms with Crippen molar-refractivity contribution in [3.63, 3.8) is 0 Å². The summed E-state index contributed by atoms with van der Waals surface area (Å²) >= 11 is 0. The topological polar surface area (TPSA) is 55.6 Å². The van der Waals surface area contributed by atoms with Crippen LogP contribution in [0.4, 0.5) is 0 Å². The molecule has 116 valence electrons. The zero-order chi connectivity index (χ0) is 13.4. The van der Waals surface area contributed by atoms with Gasteiger partial charge in [-0.25, -0.2) is 0 Å². The predicted octanol–water partition coefficient (Wildman–Crippen LogP) is 1.81. The molecular formula is C15H27ClN2O2. The summed E-state index contributed by atoms with van der Waals surface area (Å²) < 4.78 is 5.43. The zero-order valence-corrected chi connectivity index (χ0v) is 13.1. The SMILES string of the molecule is CC1COCCN1C(=O)C1CC2CCCC(C1)C2N.Cl. The first-order chi connectivity index (χ1) is 9.16. The van der Waals surface area contributed by atoms with Gasteiger partial charge >= 0.3 is 0 Å². The maximum absolute atomic E-state index is 12.7. The van der Waals surface area contributed by atoms with Crippen molar-refractivity contribution in [2.24, 2.45) is 23.5 Å². The molecule has 0 aromatic heterocycles. The summed E-state index contributed by atoms with van der Waals surface area (Å²) in [5.41, 5.74) is 6.31. The lowest BCUT2D eigenvalue weighted by molar-refractivity contribution is -0.146. The lowest BCUT2D eigenvalue weighted by Crippen LogP contribution is -2.53. The number of halogens is 1. The van der Waals surface area contributed by atoms with E-state index in [1.807, 2.05) is 4.90 Å². The molecule has 0 aromatic carbocycles. The van der Waals surface area contributed by atoms with E-state index in [1.165, 1.54) is 19.3 Å². The van der Waals surface area contributed by atoms with Crippen molar-refractivity contribution in [3.8, 4) is 0 Å². The first kappa shape index (κ1) is 16.1. The van der Waals surface area contributed by atoms with Crippen molar-refractivity contribution >= 4 is 18.3 Å². The van der Waals surface area contributed by atoms with Crippen LogP contribution in [0.2, 0.25) is 0 Å². The van der Waals surface area contributed by atoms with Gasteiger partial charge in [0.15, 0.2) is 0 Å². The lowest BCUT2D eigenvalue weighted by atomic mass is 9.65. The monoisotopic (exact) mass is 302 g/mol. The van der Waals surface area contributed by atoms with Crippen LogP contribution in [-0.4, -0.2) is 42.6 Å². The van der Waals surface area contributed by atoms with Gasteiger partial charge in [0.2, 0.25) is 5.91 Å². The lowest BCUT2D eigenvalue weighted by Gasteiger charge is -2.45. The molecule has 2 aliphatic carbocycles. The Morgan fingerprint density at radius 1 is 1.25 bits per heavy atom. The van der Waals surface area contributed by atoms with Crippen molar-refractivity contribution in [1.29, 1.82) is 0 Å². The molecule has 0 spiro atoms. The molecule has 1 aliphatic heterocycles. The number of hydrogen-bond donors (Lipinski definition) is 1. The molecule has 3 rings (SSSR count). The summed E-state index contributed by atoms with van der Waals surface area (Å²) in [6, 6.07) is 0.580. The molecule has 5 heteroatoms. The van der Waals surface area contributed by atoms with Crippen molar-refractivity contribution in [2.75, 3.05) is 19.8 Å². The van der Waals surface area contributed by atoms with Gasteiger partial charge < -0.3 is 15.4 Å². The van der Waals surface area contributed by atoms with Crippen LogP contribution in [0.3, 0.4) is 0 Å². The zero-order valence-electron chi connectivity index (χ0n) is 12.3. The second-order valence-corrected chi connectivity index (χ2v) is 6.65. The van der Waals surface area contributed by atoms with E-state index in [4.69, 9.17) is 10.5 Å². The normalized spacial score (nSPS) is 40.9. The predicted molar refractivity (Wildman–Crippen MR) is 80.8 cm³/mol. The van der Waals surface area contributed by atoms with Crippen LogP contribution in [0, 0.1) is 17.8 Å². The molecule has 1 amide bonds. The maximum Gasteiger partial charge on any atom is 0.226 e. The number of carbonyl (C=O) groups is 1. The highest BCUT2D eigenvalue weighted by Crippen LogP contribution is 2.42. The molecule has 2 bridgehead atoms. The van der Waals surface area contributed by atoms with Gasteiger partial charge in [0.1, 0.15) is 0 Å². The van der Waals surface area contributed by atoms with Crippen LogP contribution in [0.5, 0.6) is 0 Å². The van der Waals surface area contributed by atoms with Gasteiger partial charge in [-0.15, -0.1) is 12.4 Å². The van der Waals surface area contributed by atoms with E-state index in [2.05, 4.69) is 6.92 Å². The fourth-order valence-corrected chi connectivity index (χ4v) is 4.28. The molecule has 3 aliphatic rings. The number of morpholine rings is 1. The summed E-state index contributed by atoms with van der Waals surface area (Å²) in [5, 5.41) is 0. The summed E-state index contributed by atoms with van der Waals surface area (Å²) in [5.74, 6) is 1.74. The third-order valence-electron chi connectivity index (χ3n) is 5.41. The first-order valence-corrected chi connectivity index (χ1v) is 7.80. The maximum atomic E-state index is 12.7. The van der Waals surface area contributed by atoms with E-state index in [-0.39, 0.29) is 24.4 Å². The third-order valence-corrected chi connectivity index (χ3v) is 5.41. The van der Waals surface area contributed by atoms with Gasteiger partial charge in [0.05, 0.1) is 19.3 Å². The van der Waals surface area contributed by atoms with Gasteiger partial charge in [-0.3, -0.25) is 4.79 Å². The smallest absolute Gasteiger partial charge is 0.226 e. The van der Waals surface area contributed by atoms with E-state index in [0.29, 0.717) is 37.0 Å². The molecule has 3 fully saturated rings. The minimum atomic E-state index is 0. The number of carbonyl (C=O) groups excluding carboxylic acids is 1. The summed E-state index contributed by atoms with van der Waals surface area (Å²) in [7, 11) is 0. The van der Waals surface area contributed by atoms with Crippen LogP contribution >= 0.6 is 12.4 Å². The second kappa shape index (κ2) is 6.63. The molecule has 2 N–H and O–H groups in total. The number of nitrogens with two attached hydrogens (primary N) is 1. The Balaban J connectivity index is 0.00000147. The molecular weight excluding hydrogens is 276 g/mol. The van der Waals surface area contributed by atoms with Crippen LogP contribution in [0.1, 0.15) is 39.0 Å². The van der Waals surface area contributed by atoms with Gasteiger partial charge in [-0.2, -0.15) is 0 Å². The van der Waals surface area contributed by atoms with Gasteiger partial charge in [0.25, 0.3) is 0 Å². The molecule has 2 saturated carbocycles. The average Bonchev–Trinajstić information content (AvgIpc) is 2.38. The number of ether oxygens (including phenoxy) is 1. The van der Waals surface area contributed by atoms with E-state index in [0.717, 1.165) is 19.4 Å². The van der Waals surface area contributed by atoms with Crippen LogP contribution in [0.25, 0.3) is 0 Å². The highest BCUT2D eigenvalue weighted by Gasteiger charge is 2.42. The van der Waals surface area contributed by atoms with Crippen LogP contribution in [0.15, 0.2) is 0 Å². The van der Waals surface area contributed by atoms with E-state index in [9.17, 15) is 4.79 Å². The Labute approximate surface area is 127 Å².